The molecule has 0 saturated carbocycles. The van der Waals surface area contributed by atoms with Gasteiger partial charge in [0.1, 0.15) is 0 Å². The molecule has 0 radical (unpaired) electrons. The highest BCUT2D eigenvalue weighted by atomic mass is 15.1. The molecule has 2 aromatic rings. The molecule has 0 fully saturated rings. The van der Waals surface area contributed by atoms with Crippen LogP contribution in [0.5, 0.6) is 0 Å². The third-order valence-corrected chi connectivity index (χ3v) is 3.97. The first-order valence-electron chi connectivity index (χ1n) is 7.50. The van der Waals surface area contributed by atoms with E-state index in [2.05, 4.69) is 88.4 Å². The van der Waals surface area contributed by atoms with Gasteiger partial charge in [0.25, 0.3) is 0 Å². The third kappa shape index (κ3) is 3.57. The molecule has 0 heterocycles. The van der Waals surface area contributed by atoms with Crippen molar-refractivity contribution in [2.24, 2.45) is 0 Å². The van der Waals surface area contributed by atoms with Crippen molar-refractivity contribution in [2.45, 2.75) is 33.7 Å². The summed E-state index contributed by atoms with van der Waals surface area (Å²) in [6.07, 6.45) is 0. The summed E-state index contributed by atoms with van der Waals surface area (Å²) >= 11 is 0. The van der Waals surface area contributed by atoms with Crippen molar-refractivity contribution in [2.75, 3.05) is 24.3 Å². The summed E-state index contributed by atoms with van der Waals surface area (Å²) < 4.78 is 0. The number of hydrogen-bond acceptors (Lipinski definition) is 2. The predicted octanol–water partition coefficient (Wildman–Crippen LogP) is 4.85. The molecule has 2 heteroatoms. The third-order valence-electron chi connectivity index (χ3n) is 3.97. The van der Waals surface area contributed by atoms with Crippen LogP contribution in [0.4, 0.5) is 11.4 Å². The zero-order chi connectivity index (χ0) is 15.6. The Bertz CT molecular complexity index is 629. The highest BCUT2D eigenvalue weighted by Gasteiger charge is 2.09. The molecule has 0 saturated heterocycles. The van der Waals surface area contributed by atoms with E-state index in [-0.39, 0.29) is 0 Å². The maximum Gasteiger partial charge on any atom is 0.0488 e. The zero-order valence-corrected chi connectivity index (χ0v) is 14.0. The standard InChI is InChI=1S/C19H26N2/c1-13-7-10-18(15(3)11-13)16(4)20-17-9-8-14(2)19(12-17)21(5)6/h7-12,16,20H,1-6H3. The Morgan fingerprint density at radius 3 is 2.24 bits per heavy atom. The molecule has 2 aromatic carbocycles. The van der Waals surface area contributed by atoms with Gasteiger partial charge in [-0.2, -0.15) is 0 Å². The first-order chi connectivity index (χ1) is 9.88. The van der Waals surface area contributed by atoms with Gasteiger partial charge in [0.2, 0.25) is 0 Å². The topological polar surface area (TPSA) is 15.3 Å². The van der Waals surface area contributed by atoms with E-state index in [1.54, 1.807) is 0 Å². The Labute approximate surface area is 128 Å². The molecule has 2 nitrogen and oxygen atoms in total. The molecule has 1 atom stereocenters. The summed E-state index contributed by atoms with van der Waals surface area (Å²) in [5.74, 6) is 0. The number of anilines is 2. The average Bonchev–Trinajstić information content (AvgIpc) is 2.40. The lowest BCUT2D eigenvalue weighted by Crippen LogP contribution is -2.12. The van der Waals surface area contributed by atoms with E-state index in [9.17, 15) is 0 Å². The maximum atomic E-state index is 3.61. The monoisotopic (exact) mass is 282 g/mol. The summed E-state index contributed by atoms with van der Waals surface area (Å²) in [5, 5.41) is 3.61. The second-order valence-corrected chi connectivity index (χ2v) is 6.12. The Balaban J connectivity index is 2.23. The predicted molar refractivity (Wildman–Crippen MR) is 93.5 cm³/mol. The molecule has 21 heavy (non-hydrogen) atoms. The minimum Gasteiger partial charge on any atom is -0.378 e. The Morgan fingerprint density at radius 2 is 1.62 bits per heavy atom. The molecule has 2 rings (SSSR count). The Kier molecular flexibility index (Phi) is 4.56. The van der Waals surface area contributed by atoms with Gasteiger partial charge in [0, 0.05) is 31.5 Å². The molecule has 1 N–H and O–H groups in total. The van der Waals surface area contributed by atoms with Crippen molar-refractivity contribution in [3.8, 4) is 0 Å². The van der Waals surface area contributed by atoms with Crippen LogP contribution in [-0.2, 0) is 0 Å². The molecule has 1 unspecified atom stereocenters. The summed E-state index contributed by atoms with van der Waals surface area (Å²) in [6, 6.07) is 13.5. The van der Waals surface area contributed by atoms with Crippen LogP contribution in [-0.4, -0.2) is 14.1 Å². The van der Waals surface area contributed by atoms with Gasteiger partial charge >= 0.3 is 0 Å². The molecule has 0 aliphatic heterocycles. The van der Waals surface area contributed by atoms with Crippen LogP contribution in [0.3, 0.4) is 0 Å². The van der Waals surface area contributed by atoms with Crippen molar-refractivity contribution in [1.82, 2.24) is 0 Å². The average molecular weight is 282 g/mol. The van der Waals surface area contributed by atoms with Gasteiger partial charge in [-0.25, -0.2) is 0 Å². The van der Waals surface area contributed by atoms with Crippen molar-refractivity contribution in [3.63, 3.8) is 0 Å². The van der Waals surface area contributed by atoms with Crippen LogP contribution < -0.4 is 10.2 Å². The quantitative estimate of drug-likeness (QED) is 0.862. The first-order valence-corrected chi connectivity index (χ1v) is 7.50. The smallest absolute Gasteiger partial charge is 0.0488 e. The van der Waals surface area contributed by atoms with Gasteiger partial charge in [-0.05, 0) is 56.5 Å². The fourth-order valence-electron chi connectivity index (χ4n) is 2.82. The lowest BCUT2D eigenvalue weighted by Gasteiger charge is -2.21. The second kappa shape index (κ2) is 6.21. The molecular formula is C19H26N2. The van der Waals surface area contributed by atoms with E-state index in [1.807, 2.05) is 0 Å². The van der Waals surface area contributed by atoms with E-state index < -0.39 is 0 Å². The van der Waals surface area contributed by atoms with Crippen molar-refractivity contribution >= 4 is 11.4 Å². The van der Waals surface area contributed by atoms with E-state index >= 15 is 0 Å². The molecule has 0 aromatic heterocycles. The number of aryl methyl sites for hydroxylation is 3. The zero-order valence-electron chi connectivity index (χ0n) is 14.0. The van der Waals surface area contributed by atoms with Gasteiger partial charge < -0.3 is 10.2 Å². The van der Waals surface area contributed by atoms with E-state index in [0.29, 0.717) is 6.04 Å². The number of hydrogen-bond donors (Lipinski definition) is 1. The number of nitrogens with zero attached hydrogens (tertiary/aromatic N) is 1. The SMILES string of the molecule is Cc1ccc(C(C)Nc2ccc(C)c(N(C)C)c2)c(C)c1. The fourth-order valence-corrected chi connectivity index (χ4v) is 2.82. The van der Waals surface area contributed by atoms with Crippen LogP contribution in [0.2, 0.25) is 0 Å². The van der Waals surface area contributed by atoms with E-state index in [0.717, 1.165) is 5.69 Å². The molecule has 0 aliphatic rings. The molecule has 0 aliphatic carbocycles. The number of rotatable bonds is 4. The lowest BCUT2D eigenvalue weighted by molar-refractivity contribution is 0.872. The maximum absolute atomic E-state index is 3.61. The van der Waals surface area contributed by atoms with Gasteiger partial charge in [-0.1, -0.05) is 29.8 Å². The summed E-state index contributed by atoms with van der Waals surface area (Å²) in [5.41, 5.74) is 7.73. The van der Waals surface area contributed by atoms with Gasteiger partial charge in [-0.3, -0.25) is 0 Å². The van der Waals surface area contributed by atoms with Crippen molar-refractivity contribution < 1.29 is 0 Å². The molecule has 112 valence electrons. The highest BCUT2D eigenvalue weighted by Crippen LogP contribution is 2.27. The highest BCUT2D eigenvalue weighted by molar-refractivity contribution is 5.62. The van der Waals surface area contributed by atoms with Gasteiger partial charge in [0.05, 0.1) is 0 Å². The normalized spacial score (nSPS) is 12.1. The van der Waals surface area contributed by atoms with Crippen LogP contribution >= 0.6 is 0 Å². The minimum absolute atomic E-state index is 0.295. The summed E-state index contributed by atoms with van der Waals surface area (Å²) in [6.45, 7) is 8.68. The van der Waals surface area contributed by atoms with Crippen molar-refractivity contribution in [3.05, 3.63) is 58.7 Å². The largest absolute Gasteiger partial charge is 0.378 e. The van der Waals surface area contributed by atoms with Crippen molar-refractivity contribution in [1.29, 1.82) is 0 Å². The molecule has 0 spiro atoms. The van der Waals surface area contributed by atoms with Crippen LogP contribution in [0.1, 0.15) is 35.2 Å². The minimum atomic E-state index is 0.295. The summed E-state index contributed by atoms with van der Waals surface area (Å²) in [7, 11) is 4.17. The van der Waals surface area contributed by atoms with Crippen LogP contribution in [0.15, 0.2) is 36.4 Å². The first kappa shape index (κ1) is 15.4. The second-order valence-electron chi connectivity index (χ2n) is 6.12. The lowest BCUT2D eigenvalue weighted by atomic mass is 10.00. The Morgan fingerprint density at radius 1 is 0.905 bits per heavy atom. The summed E-state index contributed by atoms with van der Waals surface area (Å²) in [4.78, 5) is 2.16. The molecule has 0 bridgehead atoms. The molecule has 0 amide bonds. The number of nitrogens with one attached hydrogen (secondary N) is 1. The van der Waals surface area contributed by atoms with E-state index in [4.69, 9.17) is 0 Å². The Hall–Kier alpha value is -1.96. The van der Waals surface area contributed by atoms with Gasteiger partial charge in [-0.15, -0.1) is 0 Å². The number of benzene rings is 2. The molecular weight excluding hydrogens is 256 g/mol. The fraction of sp³-hybridized carbons (Fsp3) is 0.368. The van der Waals surface area contributed by atoms with E-state index in [1.165, 1.54) is 27.9 Å². The van der Waals surface area contributed by atoms with Crippen LogP contribution in [0.25, 0.3) is 0 Å². The van der Waals surface area contributed by atoms with Gasteiger partial charge in [0.15, 0.2) is 0 Å². The van der Waals surface area contributed by atoms with Crippen LogP contribution in [0, 0.1) is 20.8 Å².